The molecule has 0 aliphatic carbocycles. The van der Waals surface area contributed by atoms with Gasteiger partial charge in [-0.25, -0.2) is 53.6 Å². The molecule has 8 aromatic heterocycles. The molecule has 0 amide bonds. The highest BCUT2D eigenvalue weighted by atomic mass is 32.2. The molecule has 798 valence electrons. The van der Waals surface area contributed by atoms with Crippen LogP contribution in [-0.2, 0) is 101 Å². The number of hydrogen-bond acceptors (Lipinski definition) is 28. The van der Waals surface area contributed by atoms with E-state index in [2.05, 4.69) is 32.0 Å². The van der Waals surface area contributed by atoms with E-state index < -0.39 is 51.2 Å². The summed E-state index contributed by atoms with van der Waals surface area (Å²) in [6.07, 6.45) is 18.2. The summed E-state index contributed by atoms with van der Waals surface area (Å²) in [6.45, 7) is 20.2. The Kier molecular flexibility index (Phi) is 38.3. The quantitative estimate of drug-likeness (QED) is 0.00740. The molecule has 4 aromatic carbocycles. The second-order valence-electron chi connectivity index (χ2n) is 37.4. The van der Waals surface area contributed by atoms with E-state index in [0.29, 0.717) is 298 Å². The van der Waals surface area contributed by atoms with Gasteiger partial charge >= 0.3 is 0 Å². The number of aliphatic hydroxyl groups is 5. The molecule has 44 heteroatoms. The SMILES string of the molecule is CCCc1c(/C=N/O)n(C)c2c(=O)[nH]c(-c3cc(S(=O)(=O)N4CCC(CCO)CC4)ccc3OCC)nc12.CCCc1c(C=O)n(C)c2c(=O)[nH]c(-c3cc(S(=O)(=O)N4CCC(CCO)CC4)ccc3OCC)nc12.CCCc1c(CO)n(C)c2c(=O)[nH]c(-c3cc(S(=O)(=O)N4CCC(CCO)CC4)ccc3OCC)nc12.CCCc1cn(C)c2c(=O)[nH]c(-c3cc(S(=O)(=O)N4CCC(CCO)CC4)ccc3OCC)nc12. The van der Waals surface area contributed by atoms with Crippen LogP contribution in [0, 0.1) is 23.7 Å². The zero-order valence-corrected chi connectivity index (χ0v) is 89.0. The standard InChI is InChI=1S/C26H35N5O6S.C26H36N4O6S.C26H34N4O6S.C25H34N4O5S/c1-4-6-19-21(16-27-34)30(3)24-23(19)28-25(29-26(24)33)20-15-18(7-8-22(20)37-5-2)38(35,36)31-12-9-17(10-13-31)11-14-32;2*1-4-6-19-21(16-32)29(3)24-23(19)27-25(28-26(24)33)20-15-18(7-8-22(20)36-5-2)37(34,35)30-12-9-17(10-13-30)11-14-31;1-4-6-18-16-28(3)23-22(18)26-24(27-25(23)31)20-15-19(7-8-21(20)34-5-2)35(32,33)29-12-9-17(10-13-29)11-14-30/h7-8,15-17,32,34H,4-6,9-14H2,1-3H3,(H,28,29,33);7-8,15,17,31-32H,4-6,9-14,16H2,1-3H3,(H,27,28,33);7-8,15-17,31H,4-6,9-14H2,1-3H3,(H,27,28,33);7-8,15-17,30H,4-6,9-14H2,1-3H3,(H,26,27,31)/b27-16+;;;. The van der Waals surface area contributed by atoms with Crippen LogP contribution in [0.15, 0.2) is 123 Å². The van der Waals surface area contributed by atoms with Crippen LogP contribution in [0.1, 0.15) is 202 Å². The van der Waals surface area contributed by atoms with E-state index in [1.807, 2.05) is 61.7 Å². The zero-order valence-electron chi connectivity index (χ0n) is 85.7. The smallest absolute Gasteiger partial charge is 0.275 e. The third-order valence-corrected chi connectivity index (χ3v) is 35.6. The van der Waals surface area contributed by atoms with Crippen molar-refractivity contribution in [3.05, 3.63) is 160 Å². The normalized spacial score (nSPS) is 15.5. The molecule has 16 rings (SSSR count). The van der Waals surface area contributed by atoms with Crippen molar-refractivity contribution >= 4 is 96.7 Å². The molecule has 4 fully saturated rings. The molecule has 147 heavy (non-hydrogen) atoms. The van der Waals surface area contributed by atoms with Crippen LogP contribution in [0.4, 0.5) is 0 Å². The fourth-order valence-electron chi connectivity index (χ4n) is 20.4. The highest BCUT2D eigenvalue weighted by Crippen LogP contribution is 2.42. The number of ether oxygens (including phenoxy) is 4. The van der Waals surface area contributed by atoms with E-state index in [-0.39, 0.29) is 87.0 Å². The van der Waals surface area contributed by atoms with E-state index in [1.165, 1.54) is 59.8 Å². The van der Waals surface area contributed by atoms with Crippen molar-refractivity contribution in [2.45, 2.75) is 210 Å². The fourth-order valence-corrected chi connectivity index (χ4v) is 26.4. The molecule has 0 unspecified atom stereocenters. The lowest BCUT2D eigenvalue weighted by molar-refractivity contribution is 0.111. The Bertz CT molecular complexity index is 7460. The van der Waals surface area contributed by atoms with E-state index in [9.17, 15) is 88.4 Å². The first-order valence-corrected chi connectivity index (χ1v) is 56.5. The summed E-state index contributed by atoms with van der Waals surface area (Å²) in [5.41, 5.74) is 8.40. The predicted octanol–water partition coefficient (Wildman–Crippen LogP) is 11.4. The molecule has 12 heterocycles. The Morgan fingerprint density at radius 2 is 0.646 bits per heavy atom. The number of aldehydes is 1. The van der Waals surface area contributed by atoms with Crippen molar-refractivity contribution in [1.29, 1.82) is 0 Å². The number of sulfonamides is 4. The maximum atomic E-state index is 13.5. The molecule has 0 spiro atoms. The summed E-state index contributed by atoms with van der Waals surface area (Å²) in [5, 5.41) is 59.1. The van der Waals surface area contributed by atoms with Crippen molar-refractivity contribution in [2.75, 3.05) is 105 Å². The van der Waals surface area contributed by atoms with Gasteiger partial charge in [-0.1, -0.05) is 58.5 Å². The monoisotopic (exact) mass is 2110 g/mol. The number of piperidine rings is 4. The van der Waals surface area contributed by atoms with Crippen LogP contribution in [0.3, 0.4) is 0 Å². The van der Waals surface area contributed by atoms with E-state index in [1.54, 1.807) is 75.8 Å². The number of aliphatic hydroxyl groups excluding tert-OH is 5. The number of aryl methyl sites for hydroxylation is 8. The number of aromatic nitrogens is 12. The molecule has 0 saturated carbocycles. The summed E-state index contributed by atoms with van der Waals surface area (Å²) in [6, 6.07) is 18.6. The van der Waals surface area contributed by atoms with Gasteiger partial charge in [-0.3, -0.25) is 24.0 Å². The van der Waals surface area contributed by atoms with Gasteiger partial charge in [0.15, 0.2) is 6.29 Å². The minimum absolute atomic E-state index is 0.0877. The van der Waals surface area contributed by atoms with Gasteiger partial charge < -0.3 is 87.9 Å². The molecule has 40 nitrogen and oxygen atoms in total. The van der Waals surface area contributed by atoms with Gasteiger partial charge in [0, 0.05) is 136 Å². The maximum Gasteiger partial charge on any atom is 0.275 e. The second-order valence-corrected chi connectivity index (χ2v) is 45.1. The van der Waals surface area contributed by atoms with E-state index >= 15 is 0 Å². The molecule has 4 aliphatic heterocycles. The number of fused-ring (bicyclic) bond motifs is 4. The summed E-state index contributed by atoms with van der Waals surface area (Å²) in [7, 11) is -8.19. The Hall–Kier alpha value is -11.7. The highest BCUT2D eigenvalue weighted by Gasteiger charge is 2.38. The van der Waals surface area contributed by atoms with Crippen molar-refractivity contribution in [2.24, 2.45) is 57.0 Å². The number of nitrogens with one attached hydrogen (secondary N) is 4. The second kappa shape index (κ2) is 50.1. The Labute approximate surface area is 855 Å². The fraction of sp³-hybridized carbons (Fsp3) is 0.515. The number of oxime groups is 1. The molecule has 0 radical (unpaired) electrons. The molecule has 0 atom stereocenters. The van der Waals surface area contributed by atoms with Crippen molar-refractivity contribution in [3.63, 3.8) is 0 Å². The van der Waals surface area contributed by atoms with Gasteiger partial charge in [0.05, 0.1) is 104 Å². The van der Waals surface area contributed by atoms with Crippen LogP contribution in [0.2, 0.25) is 0 Å². The zero-order chi connectivity index (χ0) is 106. The van der Waals surface area contributed by atoms with Crippen molar-refractivity contribution in [1.82, 2.24) is 75.4 Å². The first-order chi connectivity index (χ1) is 70.6. The molecule has 10 N–H and O–H groups in total. The summed E-state index contributed by atoms with van der Waals surface area (Å²) >= 11 is 0. The minimum Gasteiger partial charge on any atom is -0.493 e. The number of rotatable bonds is 39. The van der Waals surface area contributed by atoms with Gasteiger partial charge in [-0.2, -0.15) is 17.2 Å². The topological polar surface area (TPSA) is 540 Å². The molecule has 12 aromatic rings. The summed E-state index contributed by atoms with van der Waals surface area (Å²) in [4.78, 5) is 95.0. The molecule has 0 bridgehead atoms. The van der Waals surface area contributed by atoms with Gasteiger partial charge in [-0.05, 0) is 232 Å². The lowest BCUT2D eigenvalue weighted by Gasteiger charge is -2.31. The predicted molar refractivity (Wildman–Crippen MR) is 561 cm³/mol. The van der Waals surface area contributed by atoms with Gasteiger partial charge in [0.25, 0.3) is 22.2 Å². The number of carbonyl (C=O) groups excluding carboxylic acids is 1. The number of nitrogens with zero attached hydrogens (tertiary/aromatic N) is 13. The summed E-state index contributed by atoms with van der Waals surface area (Å²) in [5.74, 6) is 3.84. The largest absolute Gasteiger partial charge is 0.493 e. The van der Waals surface area contributed by atoms with Crippen molar-refractivity contribution in [3.8, 4) is 68.5 Å². The summed E-state index contributed by atoms with van der Waals surface area (Å²) < 4.78 is 144. The van der Waals surface area contributed by atoms with Crippen LogP contribution in [-0.4, -0.2) is 257 Å². The van der Waals surface area contributed by atoms with Crippen molar-refractivity contribution < 1.29 is 88.2 Å². The Balaban J connectivity index is 0.000000164. The van der Waals surface area contributed by atoms with Crippen LogP contribution in [0.5, 0.6) is 23.0 Å². The minimum atomic E-state index is -3.80. The number of aromatic amines is 4. The molecular weight excluding hydrogens is 1970 g/mol. The molecule has 4 saturated heterocycles. The highest BCUT2D eigenvalue weighted by molar-refractivity contribution is 7.90. The van der Waals surface area contributed by atoms with Crippen LogP contribution in [0.25, 0.3) is 89.7 Å². The average Bonchev–Trinajstić information content (AvgIpc) is 1.61. The van der Waals surface area contributed by atoms with E-state index in [0.717, 1.165) is 67.9 Å². The van der Waals surface area contributed by atoms with Crippen LogP contribution >= 0.6 is 0 Å². The first kappa shape index (κ1) is 113. The molecular formula is C103H139N17O23S4. The van der Waals surface area contributed by atoms with Gasteiger partial charge in [-0.15, -0.1) is 0 Å². The molecule has 4 aliphatic rings. The third-order valence-electron chi connectivity index (χ3n) is 28.0. The lowest BCUT2D eigenvalue weighted by atomic mass is 9.95. The van der Waals surface area contributed by atoms with Gasteiger partial charge in [0.1, 0.15) is 79.4 Å². The van der Waals surface area contributed by atoms with Gasteiger partial charge in [0.2, 0.25) is 40.1 Å². The van der Waals surface area contributed by atoms with E-state index in [4.69, 9.17) is 38.9 Å². The number of H-pyrrole nitrogens is 4. The number of hydrogen-bond donors (Lipinski definition) is 10. The Morgan fingerprint density at radius 1 is 0.374 bits per heavy atom. The number of carbonyl (C=O) groups is 1. The number of benzene rings is 4. The van der Waals surface area contributed by atoms with Crippen LogP contribution < -0.4 is 41.2 Å². The lowest BCUT2D eigenvalue weighted by Crippen LogP contribution is -2.38. The average molecular weight is 2110 g/mol. The first-order valence-electron chi connectivity index (χ1n) is 50.8. The Morgan fingerprint density at radius 3 is 0.925 bits per heavy atom. The third kappa shape index (κ3) is 24.3. The maximum absolute atomic E-state index is 13.5.